The van der Waals surface area contributed by atoms with Crippen molar-refractivity contribution in [3.63, 3.8) is 0 Å². The van der Waals surface area contributed by atoms with E-state index in [-0.39, 0.29) is 10.8 Å². The second-order valence-corrected chi connectivity index (χ2v) is 15.1. The van der Waals surface area contributed by atoms with Crippen LogP contribution in [0.5, 0.6) is 0 Å². The van der Waals surface area contributed by atoms with Crippen molar-refractivity contribution in [1.82, 2.24) is 8.75 Å². The molecule has 0 N–H and O–H groups in total. The number of hydrogen-bond acceptors (Lipinski definition) is 4. The van der Waals surface area contributed by atoms with Crippen LogP contribution in [0.2, 0.25) is 0 Å². The zero-order valence-electron chi connectivity index (χ0n) is 26.7. The lowest BCUT2D eigenvalue weighted by Gasteiger charge is -2.30. The van der Waals surface area contributed by atoms with Crippen LogP contribution in [0.4, 0.5) is 17.1 Å². The molecule has 0 unspecified atom stereocenters. The van der Waals surface area contributed by atoms with Gasteiger partial charge in [0, 0.05) is 37.9 Å². The summed E-state index contributed by atoms with van der Waals surface area (Å²) in [6.07, 6.45) is 0. The predicted octanol–water partition coefficient (Wildman–Crippen LogP) is 12.2. The Bertz CT molecular complexity index is 2280. The topological polar surface area (TPSA) is 29.0 Å². The molecule has 0 fully saturated rings. The maximum Gasteiger partial charge on any atom is 0.119 e. The van der Waals surface area contributed by atoms with Crippen molar-refractivity contribution in [2.45, 2.75) is 38.5 Å². The number of aromatic nitrogens is 2. The third kappa shape index (κ3) is 4.16. The van der Waals surface area contributed by atoms with Gasteiger partial charge in [0.1, 0.15) is 11.0 Å². The highest BCUT2D eigenvalue weighted by Gasteiger charge is 2.37. The van der Waals surface area contributed by atoms with Crippen LogP contribution in [0.15, 0.2) is 126 Å². The molecule has 9 rings (SSSR count). The van der Waals surface area contributed by atoms with Crippen molar-refractivity contribution in [2.24, 2.45) is 0 Å². The quantitative estimate of drug-likeness (QED) is 0.184. The smallest absolute Gasteiger partial charge is 0.119 e. The summed E-state index contributed by atoms with van der Waals surface area (Å²) >= 11 is 4.89. The molecule has 228 valence electrons. The first-order valence-corrected chi connectivity index (χ1v) is 17.6. The van der Waals surface area contributed by atoms with Gasteiger partial charge in [0.2, 0.25) is 0 Å². The highest BCUT2D eigenvalue weighted by molar-refractivity contribution is 9.10. The highest BCUT2D eigenvalue weighted by atomic mass is 79.9. The van der Waals surface area contributed by atoms with E-state index in [9.17, 15) is 0 Å². The second kappa shape index (κ2) is 10.2. The van der Waals surface area contributed by atoms with Crippen LogP contribution in [0.25, 0.3) is 44.4 Å². The van der Waals surface area contributed by atoms with E-state index >= 15 is 0 Å². The first-order valence-electron chi connectivity index (χ1n) is 16.0. The van der Waals surface area contributed by atoms with E-state index in [1.807, 2.05) is 0 Å². The summed E-state index contributed by atoms with van der Waals surface area (Å²) in [4.78, 5) is 2.42. The number of anilines is 3. The second-order valence-electron chi connectivity index (χ2n) is 13.7. The van der Waals surface area contributed by atoms with Gasteiger partial charge in [-0.25, -0.2) is 0 Å². The molecule has 2 aliphatic rings. The molecule has 0 aliphatic heterocycles. The first-order chi connectivity index (χ1) is 22.7. The highest BCUT2D eigenvalue weighted by Crippen LogP contribution is 2.53. The molecular weight excluding hydrogens is 658 g/mol. The molecule has 0 saturated carbocycles. The summed E-state index contributed by atoms with van der Waals surface area (Å²) in [7, 11) is 0. The number of hydrogen-bond donors (Lipinski definition) is 0. The average molecular weight is 691 g/mol. The third-order valence-corrected chi connectivity index (χ3v) is 11.6. The summed E-state index contributed by atoms with van der Waals surface area (Å²) in [5.74, 6) is 0. The molecule has 6 aromatic carbocycles. The minimum Gasteiger partial charge on any atom is -0.310 e. The van der Waals surface area contributed by atoms with E-state index in [0.717, 1.165) is 43.7 Å². The van der Waals surface area contributed by atoms with Crippen LogP contribution in [0.1, 0.15) is 49.9 Å². The van der Waals surface area contributed by atoms with Gasteiger partial charge in [0.15, 0.2) is 0 Å². The van der Waals surface area contributed by atoms with Crippen molar-refractivity contribution in [1.29, 1.82) is 0 Å². The molecule has 0 saturated heterocycles. The minimum atomic E-state index is -0.0897. The maximum absolute atomic E-state index is 4.63. The van der Waals surface area contributed by atoms with Crippen LogP contribution in [0.3, 0.4) is 0 Å². The zero-order valence-corrected chi connectivity index (χ0v) is 29.1. The van der Waals surface area contributed by atoms with Gasteiger partial charge in [-0.1, -0.05) is 107 Å². The normalized spacial score (nSPS) is 14.8. The van der Waals surface area contributed by atoms with Crippen molar-refractivity contribution in [3.05, 3.63) is 148 Å². The van der Waals surface area contributed by atoms with Gasteiger partial charge in [-0.15, -0.1) is 0 Å². The predicted molar refractivity (Wildman–Crippen MR) is 200 cm³/mol. The molecule has 0 spiro atoms. The number of benzene rings is 6. The van der Waals surface area contributed by atoms with E-state index in [2.05, 4.69) is 179 Å². The molecule has 0 radical (unpaired) electrons. The molecule has 2 aliphatic carbocycles. The first kappa shape index (κ1) is 28.6. The average Bonchev–Trinajstić information content (AvgIpc) is 3.74. The molecule has 1 aromatic heterocycles. The molecule has 0 atom stereocenters. The maximum atomic E-state index is 4.63. The number of nitrogens with zero attached hydrogens (tertiary/aromatic N) is 3. The Morgan fingerprint density at radius 2 is 0.957 bits per heavy atom. The van der Waals surface area contributed by atoms with Gasteiger partial charge in [-0.05, 0) is 108 Å². The van der Waals surface area contributed by atoms with Gasteiger partial charge in [0.05, 0.1) is 11.7 Å². The fourth-order valence-corrected chi connectivity index (χ4v) is 9.07. The minimum absolute atomic E-state index is 0.0897. The van der Waals surface area contributed by atoms with Crippen LogP contribution < -0.4 is 4.90 Å². The summed E-state index contributed by atoms with van der Waals surface area (Å²) in [6, 6.07) is 44.8. The zero-order chi connectivity index (χ0) is 32.1. The lowest BCUT2D eigenvalue weighted by Crippen LogP contribution is -2.18. The van der Waals surface area contributed by atoms with E-state index in [4.69, 9.17) is 0 Å². The van der Waals surface area contributed by atoms with Crippen molar-refractivity contribution >= 4 is 55.8 Å². The Morgan fingerprint density at radius 3 is 1.53 bits per heavy atom. The molecule has 47 heavy (non-hydrogen) atoms. The molecule has 3 nitrogen and oxygen atoms in total. The Labute approximate surface area is 288 Å². The fraction of sp³-hybridized carbons (Fsp3) is 0.143. The SMILES string of the molecule is CC1(C)c2ccccc2-c2ccc(N(c3ccc(-c4ccc(Br)c5nsnc45)cc3)c3ccc4c(c3)C(C)(C)c3ccccc3-4)cc21. The van der Waals surface area contributed by atoms with E-state index in [1.165, 1.54) is 56.2 Å². The summed E-state index contributed by atoms with van der Waals surface area (Å²) < 4.78 is 10.1. The van der Waals surface area contributed by atoms with E-state index in [0.29, 0.717) is 0 Å². The summed E-state index contributed by atoms with van der Waals surface area (Å²) in [5, 5.41) is 0. The number of halogens is 1. The van der Waals surface area contributed by atoms with Gasteiger partial charge < -0.3 is 4.90 Å². The van der Waals surface area contributed by atoms with Crippen LogP contribution in [-0.4, -0.2) is 8.75 Å². The van der Waals surface area contributed by atoms with Gasteiger partial charge >= 0.3 is 0 Å². The Hall–Kier alpha value is -4.58. The molecule has 1 heterocycles. The number of fused-ring (bicyclic) bond motifs is 7. The third-order valence-electron chi connectivity index (χ3n) is 10.5. The molecule has 7 aromatic rings. The van der Waals surface area contributed by atoms with Crippen molar-refractivity contribution < 1.29 is 0 Å². The molecule has 0 bridgehead atoms. The largest absolute Gasteiger partial charge is 0.310 e. The standard InChI is InChI=1S/C42H32BrN3S/c1-41(2)34-11-7-5-9-30(34)32-19-17-27(23-36(32)41)46(28-18-20-33-31-10-6-8-12-35(31)42(3,4)37(33)24-28)26-15-13-25(14-16-26)29-21-22-38(43)40-39(29)44-47-45-40/h5-24H,1-4H3. The van der Waals surface area contributed by atoms with Crippen molar-refractivity contribution in [2.75, 3.05) is 4.90 Å². The fourth-order valence-electron chi connectivity index (χ4n) is 7.97. The monoisotopic (exact) mass is 689 g/mol. The molecule has 5 heteroatoms. The van der Waals surface area contributed by atoms with Gasteiger partial charge in [-0.3, -0.25) is 0 Å². The van der Waals surface area contributed by atoms with E-state index in [1.54, 1.807) is 0 Å². The van der Waals surface area contributed by atoms with Crippen LogP contribution in [0, 0.1) is 0 Å². The molecule has 0 amide bonds. The van der Waals surface area contributed by atoms with Crippen LogP contribution >= 0.6 is 27.7 Å². The lowest BCUT2D eigenvalue weighted by molar-refractivity contribution is 0.660. The summed E-state index contributed by atoms with van der Waals surface area (Å²) in [6.45, 7) is 9.40. The Balaban J connectivity index is 1.21. The Kier molecular flexibility index (Phi) is 6.22. The lowest BCUT2D eigenvalue weighted by atomic mass is 9.82. The van der Waals surface area contributed by atoms with Crippen molar-refractivity contribution in [3.8, 4) is 33.4 Å². The Morgan fingerprint density at radius 1 is 0.489 bits per heavy atom. The van der Waals surface area contributed by atoms with Crippen LogP contribution in [-0.2, 0) is 10.8 Å². The summed E-state index contributed by atoms with van der Waals surface area (Å²) in [5.41, 5.74) is 18.1. The van der Waals surface area contributed by atoms with Gasteiger partial charge in [0.25, 0.3) is 0 Å². The van der Waals surface area contributed by atoms with Gasteiger partial charge in [-0.2, -0.15) is 8.75 Å². The number of rotatable bonds is 4. The molecular formula is C42H32BrN3S. The van der Waals surface area contributed by atoms with E-state index < -0.39 is 0 Å².